The number of likely N-dealkylation sites (N-methyl/N-ethyl adjacent to an activating group) is 1. The fraction of sp³-hybridized carbons (Fsp3) is 0.316. The first-order valence-corrected chi connectivity index (χ1v) is 10.6. The third-order valence-corrected chi connectivity index (χ3v) is 6.44. The summed E-state index contributed by atoms with van der Waals surface area (Å²) in [5.74, 6) is 0.843. The van der Waals surface area contributed by atoms with Crippen molar-refractivity contribution in [3.8, 4) is 9.88 Å². The van der Waals surface area contributed by atoms with Crippen LogP contribution < -0.4 is 10.2 Å². The van der Waals surface area contributed by atoms with E-state index in [0.717, 1.165) is 47.4 Å². The number of nitrogens with zero attached hydrogens (tertiary/aromatic N) is 4. The Morgan fingerprint density at radius 3 is 2.74 bits per heavy atom. The first-order chi connectivity index (χ1) is 13.2. The molecule has 4 rings (SSSR count). The smallest absolute Gasteiger partial charge is 0.271 e. The van der Waals surface area contributed by atoms with Crippen LogP contribution in [0.25, 0.3) is 9.88 Å². The summed E-state index contributed by atoms with van der Waals surface area (Å²) in [6.07, 6.45) is 1.84. The molecule has 0 aliphatic carbocycles. The number of hydrogen-bond donors (Lipinski definition) is 1. The van der Waals surface area contributed by atoms with Crippen molar-refractivity contribution < 1.29 is 4.79 Å². The zero-order valence-corrected chi connectivity index (χ0v) is 16.7. The Morgan fingerprint density at radius 2 is 2.04 bits per heavy atom. The van der Waals surface area contributed by atoms with Crippen LogP contribution >= 0.6 is 22.7 Å². The van der Waals surface area contributed by atoms with Crippen LogP contribution in [0.5, 0.6) is 0 Å². The Morgan fingerprint density at radius 1 is 1.19 bits per heavy atom. The number of carbonyl (C=O) groups is 1. The number of carbonyl (C=O) groups excluding carboxylic acids is 1. The highest BCUT2D eigenvalue weighted by Gasteiger charge is 2.15. The molecule has 1 aliphatic rings. The topological polar surface area (TPSA) is 61.4 Å². The molecule has 0 radical (unpaired) electrons. The van der Waals surface area contributed by atoms with E-state index >= 15 is 0 Å². The van der Waals surface area contributed by atoms with E-state index < -0.39 is 0 Å². The maximum atomic E-state index is 12.3. The molecule has 0 saturated carbocycles. The Kier molecular flexibility index (Phi) is 5.47. The maximum absolute atomic E-state index is 12.3. The second kappa shape index (κ2) is 8.16. The minimum Gasteiger partial charge on any atom is -0.354 e. The van der Waals surface area contributed by atoms with Crippen molar-refractivity contribution in [1.82, 2.24) is 20.2 Å². The van der Waals surface area contributed by atoms with Crippen LogP contribution in [0.2, 0.25) is 0 Å². The van der Waals surface area contributed by atoms with Crippen LogP contribution in [0.15, 0.2) is 41.2 Å². The van der Waals surface area contributed by atoms with Gasteiger partial charge in [-0.3, -0.25) is 4.79 Å². The maximum Gasteiger partial charge on any atom is 0.271 e. The molecule has 0 unspecified atom stereocenters. The number of aromatic nitrogens is 2. The van der Waals surface area contributed by atoms with Crippen molar-refractivity contribution in [2.75, 3.05) is 38.1 Å². The zero-order chi connectivity index (χ0) is 18.6. The highest BCUT2D eigenvalue weighted by Crippen LogP contribution is 2.27. The molecular weight excluding hydrogens is 378 g/mol. The molecule has 1 N–H and O–H groups in total. The second-order valence-corrected chi connectivity index (χ2v) is 8.32. The Bertz CT molecular complexity index is 883. The standard InChI is InChI=1S/C19H21N5OS2/c1-23-6-8-24(9-7-23)17-5-4-14(11-20-17)12-21-18(25)15-13-27-19(22-15)16-3-2-10-26-16/h2-5,10-11,13H,6-9,12H2,1H3,(H,21,25). The first kappa shape index (κ1) is 18.1. The van der Waals surface area contributed by atoms with Gasteiger partial charge in [0.05, 0.1) is 4.88 Å². The minimum atomic E-state index is -0.155. The predicted molar refractivity (Wildman–Crippen MR) is 111 cm³/mol. The molecule has 0 bridgehead atoms. The van der Waals surface area contributed by atoms with E-state index in [4.69, 9.17) is 0 Å². The van der Waals surface area contributed by atoms with E-state index in [0.29, 0.717) is 12.2 Å². The SMILES string of the molecule is CN1CCN(c2ccc(CNC(=O)c3csc(-c4cccs4)n3)cn2)CC1. The lowest BCUT2D eigenvalue weighted by Crippen LogP contribution is -2.44. The van der Waals surface area contributed by atoms with Crippen molar-refractivity contribution in [2.45, 2.75) is 6.54 Å². The van der Waals surface area contributed by atoms with Crippen molar-refractivity contribution in [3.05, 3.63) is 52.5 Å². The van der Waals surface area contributed by atoms with Gasteiger partial charge in [0, 0.05) is 44.3 Å². The summed E-state index contributed by atoms with van der Waals surface area (Å²) >= 11 is 3.12. The van der Waals surface area contributed by atoms with E-state index in [9.17, 15) is 4.79 Å². The van der Waals surface area contributed by atoms with Crippen LogP contribution in [-0.4, -0.2) is 54.0 Å². The summed E-state index contributed by atoms with van der Waals surface area (Å²) in [7, 11) is 2.14. The summed E-state index contributed by atoms with van der Waals surface area (Å²) in [4.78, 5) is 27.0. The van der Waals surface area contributed by atoms with Crippen LogP contribution in [-0.2, 0) is 6.54 Å². The van der Waals surface area contributed by atoms with Gasteiger partial charge in [-0.15, -0.1) is 22.7 Å². The lowest BCUT2D eigenvalue weighted by Gasteiger charge is -2.33. The number of anilines is 1. The largest absolute Gasteiger partial charge is 0.354 e. The fourth-order valence-electron chi connectivity index (χ4n) is 2.91. The summed E-state index contributed by atoms with van der Waals surface area (Å²) in [6.45, 7) is 4.55. The molecule has 4 heterocycles. The highest BCUT2D eigenvalue weighted by molar-refractivity contribution is 7.20. The van der Waals surface area contributed by atoms with E-state index in [1.165, 1.54) is 11.3 Å². The van der Waals surface area contributed by atoms with Crippen molar-refractivity contribution in [3.63, 3.8) is 0 Å². The molecule has 3 aromatic heterocycles. The summed E-state index contributed by atoms with van der Waals surface area (Å²) in [6, 6.07) is 8.06. The van der Waals surface area contributed by atoms with Gasteiger partial charge in [0.15, 0.2) is 0 Å². The van der Waals surface area contributed by atoms with Crippen molar-refractivity contribution in [2.24, 2.45) is 0 Å². The minimum absolute atomic E-state index is 0.155. The summed E-state index contributed by atoms with van der Waals surface area (Å²) in [5.41, 5.74) is 1.44. The summed E-state index contributed by atoms with van der Waals surface area (Å²) < 4.78 is 0. The molecule has 1 saturated heterocycles. The van der Waals surface area contributed by atoms with E-state index in [1.807, 2.05) is 35.8 Å². The van der Waals surface area contributed by atoms with Crippen molar-refractivity contribution in [1.29, 1.82) is 0 Å². The monoisotopic (exact) mass is 399 g/mol. The van der Waals surface area contributed by atoms with Crippen LogP contribution in [0, 0.1) is 0 Å². The lowest BCUT2D eigenvalue weighted by atomic mass is 10.2. The van der Waals surface area contributed by atoms with E-state index in [-0.39, 0.29) is 5.91 Å². The number of nitrogens with one attached hydrogen (secondary N) is 1. The molecule has 1 amide bonds. The number of piperazine rings is 1. The van der Waals surface area contributed by atoms with Crippen LogP contribution in [0.4, 0.5) is 5.82 Å². The van der Waals surface area contributed by atoms with Gasteiger partial charge in [-0.1, -0.05) is 12.1 Å². The van der Waals surface area contributed by atoms with Gasteiger partial charge in [0.2, 0.25) is 0 Å². The van der Waals surface area contributed by atoms with Crippen molar-refractivity contribution >= 4 is 34.4 Å². The normalized spacial score (nSPS) is 15.1. The molecule has 3 aromatic rings. The number of rotatable bonds is 5. The fourth-order valence-corrected chi connectivity index (χ4v) is 4.52. The third-order valence-electron chi connectivity index (χ3n) is 4.56. The molecule has 0 atom stereocenters. The predicted octanol–water partition coefficient (Wildman–Crippen LogP) is 2.95. The van der Waals surface area contributed by atoms with Gasteiger partial charge in [-0.05, 0) is 30.1 Å². The quantitative estimate of drug-likeness (QED) is 0.715. The number of thiazole rings is 1. The number of pyridine rings is 1. The Hall–Kier alpha value is -2.29. The Balaban J connectivity index is 1.32. The molecule has 0 aromatic carbocycles. The van der Waals surface area contributed by atoms with Gasteiger partial charge < -0.3 is 15.1 Å². The highest BCUT2D eigenvalue weighted by atomic mass is 32.1. The first-order valence-electron chi connectivity index (χ1n) is 8.85. The molecule has 1 aliphatic heterocycles. The van der Waals surface area contributed by atoms with Crippen LogP contribution in [0.3, 0.4) is 0 Å². The van der Waals surface area contributed by atoms with E-state index in [2.05, 4.69) is 32.1 Å². The van der Waals surface area contributed by atoms with Gasteiger partial charge in [-0.2, -0.15) is 0 Å². The number of hydrogen-bond acceptors (Lipinski definition) is 7. The molecule has 140 valence electrons. The van der Waals surface area contributed by atoms with Gasteiger partial charge in [-0.25, -0.2) is 9.97 Å². The van der Waals surface area contributed by atoms with E-state index in [1.54, 1.807) is 16.7 Å². The zero-order valence-electron chi connectivity index (χ0n) is 15.1. The molecule has 8 heteroatoms. The van der Waals surface area contributed by atoms with Gasteiger partial charge >= 0.3 is 0 Å². The molecule has 6 nitrogen and oxygen atoms in total. The molecule has 0 spiro atoms. The molecule has 1 fully saturated rings. The van der Waals surface area contributed by atoms with Crippen LogP contribution in [0.1, 0.15) is 16.1 Å². The third kappa shape index (κ3) is 4.35. The lowest BCUT2D eigenvalue weighted by molar-refractivity contribution is 0.0946. The average Bonchev–Trinajstić information content (AvgIpc) is 3.39. The number of thiophene rings is 1. The Labute approximate surface area is 166 Å². The molecular formula is C19H21N5OS2. The number of amides is 1. The van der Waals surface area contributed by atoms with Gasteiger partial charge in [0.25, 0.3) is 5.91 Å². The van der Waals surface area contributed by atoms with Gasteiger partial charge in [0.1, 0.15) is 16.5 Å². The summed E-state index contributed by atoms with van der Waals surface area (Å²) in [5, 5.41) is 7.62. The second-order valence-electron chi connectivity index (χ2n) is 6.51. The average molecular weight is 400 g/mol. The molecule has 27 heavy (non-hydrogen) atoms.